The van der Waals surface area contributed by atoms with Crippen LogP contribution in [0.1, 0.15) is 16.8 Å². The summed E-state index contributed by atoms with van der Waals surface area (Å²) >= 11 is 13.4. The third-order valence-electron chi connectivity index (χ3n) is 1.92. The fourth-order valence-electron chi connectivity index (χ4n) is 1.29. The van der Waals surface area contributed by atoms with E-state index in [9.17, 15) is 4.79 Å². The van der Waals surface area contributed by atoms with Gasteiger partial charge in [-0.25, -0.2) is 0 Å². The Morgan fingerprint density at radius 2 is 2.08 bits per heavy atom. The van der Waals surface area contributed by atoms with Gasteiger partial charge in [0, 0.05) is 17.1 Å². The highest BCUT2D eigenvalue weighted by atomic mass is 35.5. The first kappa shape index (κ1) is 9.38. The Balaban J connectivity index is 2.65. The van der Waals surface area contributed by atoms with Crippen LogP contribution in [0.5, 0.6) is 0 Å². The number of carbonyl (C=O) groups is 1. The van der Waals surface area contributed by atoms with E-state index in [1.807, 2.05) is 6.07 Å². The van der Waals surface area contributed by atoms with Gasteiger partial charge in [-0.15, -0.1) is 11.8 Å². The zero-order valence-electron chi connectivity index (χ0n) is 6.64. The summed E-state index contributed by atoms with van der Waals surface area (Å²) in [7, 11) is 0. The molecule has 13 heavy (non-hydrogen) atoms. The maximum atomic E-state index is 11.5. The number of thioether (sulfide) groups is 1. The molecule has 4 heteroatoms. The minimum atomic E-state index is 0.0984. The summed E-state index contributed by atoms with van der Waals surface area (Å²) in [5.41, 5.74) is 0.602. The van der Waals surface area contributed by atoms with Crippen LogP contribution in [0.25, 0.3) is 0 Å². The van der Waals surface area contributed by atoms with Crippen molar-refractivity contribution in [2.45, 2.75) is 11.3 Å². The number of benzene rings is 1. The molecule has 1 aromatic rings. The van der Waals surface area contributed by atoms with Crippen LogP contribution in [0.2, 0.25) is 10.0 Å². The summed E-state index contributed by atoms with van der Waals surface area (Å²) in [5, 5.41) is 0.854. The molecule has 68 valence electrons. The molecule has 0 atom stereocenters. The average molecular weight is 233 g/mol. The van der Waals surface area contributed by atoms with Crippen LogP contribution in [-0.4, -0.2) is 11.5 Å². The first-order valence-electron chi connectivity index (χ1n) is 3.84. The van der Waals surface area contributed by atoms with Crippen LogP contribution >= 0.6 is 35.0 Å². The van der Waals surface area contributed by atoms with E-state index < -0.39 is 0 Å². The van der Waals surface area contributed by atoms with Gasteiger partial charge in [0.25, 0.3) is 0 Å². The van der Waals surface area contributed by atoms with Crippen molar-refractivity contribution in [3.05, 3.63) is 27.7 Å². The molecular formula is C9H6Cl2OS. The molecule has 2 rings (SSSR count). The fraction of sp³-hybridized carbons (Fsp3) is 0.222. The summed E-state index contributed by atoms with van der Waals surface area (Å²) in [5.74, 6) is 0.935. The lowest BCUT2D eigenvalue weighted by Crippen LogP contribution is -2.08. The van der Waals surface area contributed by atoms with Crippen LogP contribution in [0.4, 0.5) is 0 Å². The predicted molar refractivity (Wildman–Crippen MR) is 56.1 cm³/mol. The molecule has 1 aliphatic rings. The van der Waals surface area contributed by atoms with Gasteiger partial charge in [0.2, 0.25) is 0 Å². The largest absolute Gasteiger partial charge is 0.294 e. The molecule has 0 aliphatic carbocycles. The average Bonchev–Trinajstić information content (AvgIpc) is 2.12. The molecule has 0 saturated heterocycles. The van der Waals surface area contributed by atoms with Gasteiger partial charge in [-0.05, 0) is 12.1 Å². The number of hydrogen-bond acceptors (Lipinski definition) is 2. The minimum absolute atomic E-state index is 0.0984. The molecule has 0 radical (unpaired) electrons. The van der Waals surface area contributed by atoms with Gasteiger partial charge in [0.05, 0.1) is 15.6 Å². The molecule has 1 heterocycles. The second kappa shape index (κ2) is 3.52. The lowest BCUT2D eigenvalue weighted by molar-refractivity contribution is 0.0985. The number of rotatable bonds is 0. The van der Waals surface area contributed by atoms with E-state index in [2.05, 4.69) is 0 Å². The van der Waals surface area contributed by atoms with E-state index in [0.717, 1.165) is 10.6 Å². The second-order valence-corrected chi connectivity index (χ2v) is 4.68. The van der Waals surface area contributed by atoms with Crippen molar-refractivity contribution in [2.24, 2.45) is 0 Å². The monoisotopic (exact) mass is 232 g/mol. The lowest BCUT2D eigenvalue weighted by atomic mass is 10.1. The zero-order valence-corrected chi connectivity index (χ0v) is 8.97. The third-order valence-corrected chi connectivity index (χ3v) is 3.79. The van der Waals surface area contributed by atoms with Crippen molar-refractivity contribution in [2.75, 3.05) is 5.75 Å². The Kier molecular flexibility index (Phi) is 2.54. The molecule has 0 fully saturated rings. The summed E-state index contributed by atoms with van der Waals surface area (Å²) in [4.78, 5) is 12.5. The van der Waals surface area contributed by atoms with Crippen molar-refractivity contribution >= 4 is 40.7 Å². The van der Waals surface area contributed by atoms with Crippen molar-refractivity contribution in [1.82, 2.24) is 0 Å². The normalized spacial score (nSPS) is 15.7. The molecule has 0 aromatic heterocycles. The highest BCUT2D eigenvalue weighted by molar-refractivity contribution is 7.99. The highest BCUT2D eigenvalue weighted by Gasteiger charge is 2.21. The van der Waals surface area contributed by atoms with Crippen LogP contribution in [0.3, 0.4) is 0 Å². The first-order chi connectivity index (χ1) is 6.20. The standard InChI is InChI=1S/C9H6Cl2OS/c10-5-1-2-7-8(9(5)11)6(12)3-4-13-7/h1-2H,3-4H2. The van der Waals surface area contributed by atoms with Gasteiger partial charge < -0.3 is 0 Å². The van der Waals surface area contributed by atoms with E-state index in [-0.39, 0.29) is 5.78 Å². The van der Waals surface area contributed by atoms with Gasteiger partial charge >= 0.3 is 0 Å². The van der Waals surface area contributed by atoms with Crippen molar-refractivity contribution in [3.8, 4) is 0 Å². The SMILES string of the molecule is O=C1CCSc2ccc(Cl)c(Cl)c21. The van der Waals surface area contributed by atoms with Crippen molar-refractivity contribution < 1.29 is 4.79 Å². The molecule has 0 N–H and O–H groups in total. The quantitative estimate of drug-likeness (QED) is 0.680. The van der Waals surface area contributed by atoms with Crippen LogP contribution in [0, 0.1) is 0 Å². The number of carbonyl (C=O) groups excluding carboxylic acids is 1. The fourth-order valence-corrected chi connectivity index (χ4v) is 2.81. The Morgan fingerprint density at radius 1 is 1.31 bits per heavy atom. The summed E-state index contributed by atoms with van der Waals surface area (Å²) in [6, 6.07) is 3.58. The Bertz CT molecular complexity index is 376. The van der Waals surface area contributed by atoms with Gasteiger partial charge in [0.15, 0.2) is 5.78 Å². The molecule has 0 spiro atoms. The topological polar surface area (TPSA) is 17.1 Å². The Hall–Kier alpha value is -0.180. The molecule has 0 bridgehead atoms. The van der Waals surface area contributed by atoms with Crippen molar-refractivity contribution in [3.63, 3.8) is 0 Å². The summed E-state index contributed by atoms with van der Waals surface area (Å²) in [6.07, 6.45) is 0.553. The van der Waals surface area contributed by atoms with E-state index >= 15 is 0 Å². The maximum Gasteiger partial charge on any atom is 0.166 e. The number of ketones is 1. The molecule has 1 aromatic carbocycles. The zero-order chi connectivity index (χ0) is 9.42. The van der Waals surface area contributed by atoms with Gasteiger partial charge in [-0.2, -0.15) is 0 Å². The van der Waals surface area contributed by atoms with E-state index in [1.54, 1.807) is 17.8 Å². The molecule has 0 saturated carbocycles. The molecule has 1 nitrogen and oxygen atoms in total. The van der Waals surface area contributed by atoms with Crippen LogP contribution < -0.4 is 0 Å². The van der Waals surface area contributed by atoms with Gasteiger partial charge in [0.1, 0.15) is 0 Å². The second-order valence-electron chi connectivity index (χ2n) is 2.76. The number of hydrogen-bond donors (Lipinski definition) is 0. The van der Waals surface area contributed by atoms with Crippen molar-refractivity contribution in [1.29, 1.82) is 0 Å². The molecule has 1 aliphatic heterocycles. The molecule has 0 unspecified atom stereocenters. The Labute approximate surface area is 90.4 Å². The minimum Gasteiger partial charge on any atom is -0.294 e. The number of fused-ring (bicyclic) bond motifs is 1. The molecule has 0 amide bonds. The maximum absolute atomic E-state index is 11.5. The van der Waals surface area contributed by atoms with Gasteiger partial charge in [-0.1, -0.05) is 23.2 Å². The van der Waals surface area contributed by atoms with Crippen LogP contribution in [0.15, 0.2) is 17.0 Å². The number of Topliss-reactive ketones (excluding diaryl/α,β-unsaturated/α-hetero) is 1. The lowest BCUT2D eigenvalue weighted by Gasteiger charge is -2.15. The smallest absolute Gasteiger partial charge is 0.166 e. The third kappa shape index (κ3) is 1.58. The Morgan fingerprint density at radius 3 is 2.85 bits per heavy atom. The summed E-state index contributed by atoms with van der Waals surface area (Å²) < 4.78 is 0. The van der Waals surface area contributed by atoms with E-state index in [4.69, 9.17) is 23.2 Å². The van der Waals surface area contributed by atoms with E-state index in [1.165, 1.54) is 0 Å². The van der Waals surface area contributed by atoms with Crippen LogP contribution in [-0.2, 0) is 0 Å². The summed E-state index contributed by atoms with van der Waals surface area (Å²) in [6.45, 7) is 0. The van der Waals surface area contributed by atoms with E-state index in [0.29, 0.717) is 22.0 Å². The molecular weight excluding hydrogens is 227 g/mol. The number of halogens is 2. The predicted octanol–water partition coefficient (Wildman–Crippen LogP) is 3.67. The first-order valence-corrected chi connectivity index (χ1v) is 5.58. The highest BCUT2D eigenvalue weighted by Crippen LogP contribution is 2.37. The van der Waals surface area contributed by atoms with Gasteiger partial charge in [-0.3, -0.25) is 4.79 Å².